The molecule has 2 nitrogen and oxygen atoms in total. The highest BCUT2D eigenvalue weighted by atomic mass is 16.5. The maximum Gasteiger partial charge on any atom is 0.334 e. The molecule has 0 unspecified atom stereocenters. The van der Waals surface area contributed by atoms with Crippen LogP contribution in [0, 0.1) is 0 Å². The molecule has 0 radical (unpaired) electrons. The van der Waals surface area contributed by atoms with E-state index in [1.54, 1.807) is 0 Å². The summed E-state index contributed by atoms with van der Waals surface area (Å²) in [6.45, 7) is 13.0. The standard InChI is InChI=1S/C25H34O2/c1-18(2)9-7-10-19(3)11-8-12-21-17-23(27-24(21)26)20-13-15-22(16-14-20)25(4,5)6/h9,11,13-17,23H,7-8,10,12H2,1-6H3/b19-11+/t23-/m0/s1. The molecule has 1 aliphatic heterocycles. The second-order valence-corrected chi connectivity index (χ2v) is 8.80. The van der Waals surface area contributed by atoms with Crippen molar-refractivity contribution in [3.63, 3.8) is 0 Å². The Bertz CT molecular complexity index is 736. The molecule has 0 fully saturated rings. The highest BCUT2D eigenvalue weighted by Gasteiger charge is 2.26. The lowest BCUT2D eigenvalue weighted by atomic mass is 9.86. The van der Waals surface area contributed by atoms with Crippen LogP contribution < -0.4 is 0 Å². The zero-order chi connectivity index (χ0) is 20.0. The second-order valence-electron chi connectivity index (χ2n) is 8.80. The summed E-state index contributed by atoms with van der Waals surface area (Å²) in [6.07, 6.45) is 10.1. The average molecular weight is 367 g/mol. The van der Waals surface area contributed by atoms with Crippen LogP contribution >= 0.6 is 0 Å². The van der Waals surface area contributed by atoms with Crippen molar-refractivity contribution in [2.75, 3.05) is 0 Å². The molecule has 2 rings (SSSR count). The summed E-state index contributed by atoms with van der Waals surface area (Å²) in [5.41, 5.74) is 6.00. The summed E-state index contributed by atoms with van der Waals surface area (Å²) in [7, 11) is 0. The van der Waals surface area contributed by atoms with Gasteiger partial charge < -0.3 is 4.74 Å². The molecule has 0 spiro atoms. The molecule has 0 saturated heterocycles. The minimum Gasteiger partial charge on any atom is -0.450 e. The molecule has 0 N–H and O–H groups in total. The van der Waals surface area contributed by atoms with E-state index in [4.69, 9.17) is 4.74 Å². The van der Waals surface area contributed by atoms with Gasteiger partial charge in [-0.05, 0) is 69.1 Å². The highest BCUT2D eigenvalue weighted by Crippen LogP contribution is 2.31. The zero-order valence-corrected chi connectivity index (χ0v) is 17.8. The van der Waals surface area contributed by atoms with Gasteiger partial charge in [0, 0.05) is 5.57 Å². The molecule has 0 saturated carbocycles. The lowest BCUT2D eigenvalue weighted by Crippen LogP contribution is -2.11. The third-order valence-corrected chi connectivity index (χ3v) is 4.95. The molecule has 1 aliphatic rings. The fraction of sp³-hybridized carbons (Fsp3) is 0.480. The predicted octanol–water partition coefficient (Wildman–Crippen LogP) is 6.98. The molecular weight excluding hydrogens is 332 g/mol. The van der Waals surface area contributed by atoms with Crippen molar-refractivity contribution in [1.82, 2.24) is 0 Å². The molecule has 0 amide bonds. The molecule has 0 aliphatic carbocycles. The quantitative estimate of drug-likeness (QED) is 0.384. The van der Waals surface area contributed by atoms with E-state index in [1.165, 1.54) is 16.7 Å². The van der Waals surface area contributed by atoms with Gasteiger partial charge >= 0.3 is 5.97 Å². The van der Waals surface area contributed by atoms with E-state index in [1.807, 2.05) is 6.08 Å². The molecule has 1 aromatic rings. The van der Waals surface area contributed by atoms with Crippen molar-refractivity contribution >= 4 is 5.97 Å². The molecule has 0 bridgehead atoms. The molecule has 1 aromatic carbocycles. The summed E-state index contributed by atoms with van der Waals surface area (Å²) in [6, 6.07) is 8.41. The van der Waals surface area contributed by atoms with E-state index in [0.717, 1.165) is 36.8 Å². The molecule has 1 atom stereocenters. The van der Waals surface area contributed by atoms with Crippen LogP contribution in [0.1, 0.15) is 84.5 Å². The molecule has 27 heavy (non-hydrogen) atoms. The van der Waals surface area contributed by atoms with Gasteiger partial charge in [-0.15, -0.1) is 0 Å². The largest absolute Gasteiger partial charge is 0.450 e. The van der Waals surface area contributed by atoms with Crippen LogP contribution in [0.25, 0.3) is 0 Å². The van der Waals surface area contributed by atoms with Crippen molar-refractivity contribution in [3.8, 4) is 0 Å². The number of carbonyl (C=O) groups excluding carboxylic acids is 1. The first-order valence-electron chi connectivity index (χ1n) is 9.98. The number of benzene rings is 1. The fourth-order valence-corrected chi connectivity index (χ4v) is 3.16. The number of hydrogen-bond donors (Lipinski definition) is 0. The van der Waals surface area contributed by atoms with Crippen LogP contribution in [0.15, 0.2) is 59.2 Å². The molecule has 1 heterocycles. The summed E-state index contributed by atoms with van der Waals surface area (Å²) in [5, 5.41) is 0. The predicted molar refractivity (Wildman–Crippen MR) is 114 cm³/mol. The van der Waals surface area contributed by atoms with Gasteiger partial charge in [0.15, 0.2) is 0 Å². The zero-order valence-electron chi connectivity index (χ0n) is 17.8. The number of cyclic esters (lactones) is 1. The number of hydrogen-bond acceptors (Lipinski definition) is 2. The van der Waals surface area contributed by atoms with E-state index >= 15 is 0 Å². The number of allylic oxidation sites excluding steroid dienone is 4. The van der Waals surface area contributed by atoms with E-state index in [2.05, 4.69) is 78.0 Å². The first kappa shape index (κ1) is 21.2. The summed E-state index contributed by atoms with van der Waals surface area (Å²) >= 11 is 0. The number of esters is 1. The van der Waals surface area contributed by atoms with Gasteiger partial charge in [0.2, 0.25) is 0 Å². The Kier molecular flexibility index (Phi) is 7.24. The molecule has 0 aromatic heterocycles. The van der Waals surface area contributed by atoms with Gasteiger partial charge in [-0.25, -0.2) is 4.79 Å². The van der Waals surface area contributed by atoms with Gasteiger partial charge in [0.25, 0.3) is 0 Å². The van der Waals surface area contributed by atoms with Gasteiger partial charge in [-0.2, -0.15) is 0 Å². The van der Waals surface area contributed by atoms with Crippen molar-refractivity contribution in [1.29, 1.82) is 0 Å². The van der Waals surface area contributed by atoms with Crippen LogP contribution in [0.2, 0.25) is 0 Å². The second kappa shape index (κ2) is 9.21. The van der Waals surface area contributed by atoms with Crippen LogP contribution in [-0.4, -0.2) is 5.97 Å². The van der Waals surface area contributed by atoms with Crippen LogP contribution in [0.3, 0.4) is 0 Å². The fourth-order valence-electron chi connectivity index (χ4n) is 3.16. The van der Waals surface area contributed by atoms with Crippen LogP contribution in [0.5, 0.6) is 0 Å². The summed E-state index contributed by atoms with van der Waals surface area (Å²) < 4.78 is 5.57. The summed E-state index contributed by atoms with van der Waals surface area (Å²) in [5.74, 6) is -0.171. The smallest absolute Gasteiger partial charge is 0.334 e. The normalized spacial score (nSPS) is 17.6. The molecular formula is C25H34O2. The van der Waals surface area contributed by atoms with Crippen molar-refractivity contribution in [3.05, 3.63) is 70.3 Å². The van der Waals surface area contributed by atoms with E-state index < -0.39 is 0 Å². The lowest BCUT2D eigenvalue weighted by Gasteiger charge is -2.19. The van der Waals surface area contributed by atoms with E-state index in [0.29, 0.717) is 0 Å². The van der Waals surface area contributed by atoms with Crippen molar-refractivity contribution < 1.29 is 9.53 Å². The Morgan fingerprint density at radius 2 is 1.70 bits per heavy atom. The minimum atomic E-state index is -0.246. The Balaban J connectivity index is 1.93. The van der Waals surface area contributed by atoms with Crippen molar-refractivity contribution in [2.45, 2.75) is 78.7 Å². The third-order valence-electron chi connectivity index (χ3n) is 4.95. The summed E-state index contributed by atoms with van der Waals surface area (Å²) in [4.78, 5) is 12.2. The van der Waals surface area contributed by atoms with Gasteiger partial charge in [-0.1, -0.05) is 68.3 Å². The Morgan fingerprint density at radius 1 is 1.04 bits per heavy atom. The number of carbonyl (C=O) groups is 1. The SMILES string of the molecule is CC(C)=CCC/C(C)=C/CCC1=C[C@@H](c2ccc(C(C)(C)C)cc2)OC1=O. The molecule has 146 valence electrons. The average Bonchev–Trinajstić information content (AvgIpc) is 2.95. The maximum atomic E-state index is 12.2. The number of rotatable bonds is 7. The van der Waals surface area contributed by atoms with Gasteiger partial charge in [-0.3, -0.25) is 0 Å². The third kappa shape index (κ3) is 6.53. The Hall–Kier alpha value is -2.09. The van der Waals surface area contributed by atoms with Gasteiger partial charge in [0.1, 0.15) is 6.10 Å². The Morgan fingerprint density at radius 3 is 2.30 bits per heavy atom. The Labute approximate surface area is 165 Å². The first-order valence-corrected chi connectivity index (χ1v) is 9.98. The van der Waals surface area contributed by atoms with Crippen LogP contribution in [-0.2, 0) is 14.9 Å². The molecule has 2 heteroatoms. The van der Waals surface area contributed by atoms with Gasteiger partial charge in [0.05, 0.1) is 0 Å². The number of ether oxygens (including phenoxy) is 1. The van der Waals surface area contributed by atoms with Crippen LogP contribution in [0.4, 0.5) is 0 Å². The first-order chi connectivity index (χ1) is 12.7. The monoisotopic (exact) mass is 366 g/mol. The highest BCUT2D eigenvalue weighted by molar-refractivity contribution is 5.91. The topological polar surface area (TPSA) is 26.3 Å². The maximum absolute atomic E-state index is 12.2. The van der Waals surface area contributed by atoms with E-state index in [9.17, 15) is 4.79 Å². The minimum absolute atomic E-state index is 0.127. The lowest BCUT2D eigenvalue weighted by molar-refractivity contribution is -0.140. The van der Waals surface area contributed by atoms with Crippen molar-refractivity contribution in [2.24, 2.45) is 0 Å². The van der Waals surface area contributed by atoms with E-state index in [-0.39, 0.29) is 17.5 Å².